The Balaban J connectivity index is 1.27. The summed E-state index contributed by atoms with van der Waals surface area (Å²) < 4.78 is 9.44. The predicted octanol–water partition coefficient (Wildman–Crippen LogP) is 13.4. The van der Waals surface area contributed by atoms with E-state index in [9.17, 15) is 0 Å². The smallest absolute Gasteiger partial charge is 0.143 e. The van der Waals surface area contributed by atoms with Gasteiger partial charge in [0.15, 0.2) is 0 Å². The molecule has 47 heavy (non-hydrogen) atoms. The maximum absolute atomic E-state index is 6.85. The first-order valence-corrected chi connectivity index (χ1v) is 16.7. The van der Waals surface area contributed by atoms with Crippen LogP contribution in [0.4, 0.5) is 17.1 Å². The molecule has 0 aliphatic carbocycles. The Kier molecular flexibility index (Phi) is 5.78. The van der Waals surface area contributed by atoms with Crippen molar-refractivity contribution in [2.75, 3.05) is 4.90 Å². The molecule has 2 heterocycles. The zero-order valence-electron chi connectivity index (χ0n) is 25.4. The van der Waals surface area contributed by atoms with Gasteiger partial charge in [-0.15, -0.1) is 11.3 Å². The second-order valence-electron chi connectivity index (χ2n) is 12.1. The summed E-state index contributed by atoms with van der Waals surface area (Å²) in [5.41, 5.74) is 7.38. The van der Waals surface area contributed by atoms with E-state index in [-0.39, 0.29) is 0 Å². The number of benzene rings is 8. The van der Waals surface area contributed by atoms with E-state index < -0.39 is 0 Å². The summed E-state index contributed by atoms with van der Waals surface area (Å²) in [6.45, 7) is 0. The van der Waals surface area contributed by atoms with Gasteiger partial charge in [0.1, 0.15) is 11.2 Å². The molecule has 0 unspecified atom stereocenters. The fraction of sp³-hybridized carbons (Fsp3) is 0. The molecule has 10 aromatic rings. The standard InChI is InChI=1S/C44H27NOS/c1-3-14-31-28(11-1)13-9-21-39(31)45(30-24-26-42-38(27-30)34-17-6-8-22-41(34)47-42)40-20-7-5-16-33(40)35-18-10-19-36-37-25-23-29-12-2-4-15-32(29)43(37)46-44(35)36/h1-27H. The van der Waals surface area contributed by atoms with Gasteiger partial charge in [0.2, 0.25) is 0 Å². The lowest BCUT2D eigenvalue weighted by atomic mass is 9.98. The van der Waals surface area contributed by atoms with Crippen molar-refractivity contribution in [2.24, 2.45) is 0 Å². The van der Waals surface area contributed by atoms with Crippen molar-refractivity contribution in [1.82, 2.24) is 0 Å². The molecule has 0 bridgehead atoms. The third kappa shape index (κ3) is 4.04. The van der Waals surface area contributed by atoms with Crippen molar-refractivity contribution in [1.29, 1.82) is 0 Å². The third-order valence-electron chi connectivity index (χ3n) is 9.45. The van der Waals surface area contributed by atoms with Crippen molar-refractivity contribution in [3.05, 3.63) is 164 Å². The molecule has 0 saturated carbocycles. The van der Waals surface area contributed by atoms with Gasteiger partial charge in [-0.25, -0.2) is 0 Å². The van der Waals surface area contributed by atoms with Crippen LogP contribution in [0.15, 0.2) is 168 Å². The quantitative estimate of drug-likeness (QED) is 0.195. The highest BCUT2D eigenvalue weighted by Gasteiger charge is 2.22. The summed E-state index contributed by atoms with van der Waals surface area (Å²) in [5, 5.41) is 9.56. The molecule has 0 aliphatic rings. The normalized spacial score (nSPS) is 11.8. The van der Waals surface area contributed by atoms with E-state index in [0.29, 0.717) is 0 Å². The van der Waals surface area contributed by atoms with Crippen LogP contribution in [0, 0.1) is 0 Å². The summed E-state index contributed by atoms with van der Waals surface area (Å²) in [6, 6.07) is 59.0. The lowest BCUT2D eigenvalue weighted by Gasteiger charge is -2.29. The van der Waals surface area contributed by atoms with E-state index in [0.717, 1.165) is 55.5 Å². The SMILES string of the molecule is c1ccc(N(c2ccc3sc4ccccc4c3c2)c2cccc3ccccc23)c(-c2cccc3c2oc2c4ccccc4ccc32)c1. The molecule has 0 radical (unpaired) electrons. The van der Waals surface area contributed by atoms with E-state index in [1.54, 1.807) is 0 Å². The number of rotatable bonds is 4. The van der Waals surface area contributed by atoms with E-state index in [2.05, 4.69) is 169 Å². The number of hydrogen-bond acceptors (Lipinski definition) is 3. The van der Waals surface area contributed by atoms with Gasteiger partial charge in [0.05, 0.1) is 11.4 Å². The van der Waals surface area contributed by atoms with Crippen LogP contribution in [0.25, 0.3) is 74.8 Å². The number of para-hydroxylation sites is 2. The van der Waals surface area contributed by atoms with Gasteiger partial charge < -0.3 is 9.32 Å². The topological polar surface area (TPSA) is 16.4 Å². The van der Waals surface area contributed by atoms with Gasteiger partial charge in [-0.1, -0.05) is 121 Å². The van der Waals surface area contributed by atoms with Crippen LogP contribution >= 0.6 is 11.3 Å². The first kappa shape index (κ1) is 26.3. The number of anilines is 3. The monoisotopic (exact) mass is 617 g/mol. The number of furan rings is 1. The summed E-state index contributed by atoms with van der Waals surface area (Å²) in [5.74, 6) is 0. The molecule has 0 atom stereocenters. The van der Waals surface area contributed by atoms with E-state index in [1.165, 1.54) is 36.3 Å². The number of nitrogens with zero attached hydrogens (tertiary/aromatic N) is 1. The van der Waals surface area contributed by atoms with Crippen LogP contribution in [0.1, 0.15) is 0 Å². The van der Waals surface area contributed by atoms with Gasteiger partial charge in [0.25, 0.3) is 0 Å². The average Bonchev–Trinajstić information content (AvgIpc) is 3.71. The lowest BCUT2D eigenvalue weighted by Crippen LogP contribution is -2.11. The van der Waals surface area contributed by atoms with Gasteiger partial charge in [-0.3, -0.25) is 0 Å². The summed E-state index contributed by atoms with van der Waals surface area (Å²) >= 11 is 1.85. The number of thiophene rings is 1. The Morgan fingerprint density at radius 2 is 1.00 bits per heavy atom. The van der Waals surface area contributed by atoms with Gasteiger partial charge >= 0.3 is 0 Å². The molecule has 220 valence electrons. The average molecular weight is 618 g/mol. The molecule has 0 saturated heterocycles. The van der Waals surface area contributed by atoms with Crippen molar-refractivity contribution in [3.8, 4) is 11.1 Å². The van der Waals surface area contributed by atoms with Crippen LogP contribution in [-0.4, -0.2) is 0 Å². The Labute approximate surface area is 275 Å². The van der Waals surface area contributed by atoms with Crippen LogP contribution in [0.2, 0.25) is 0 Å². The lowest BCUT2D eigenvalue weighted by molar-refractivity contribution is 0.674. The minimum Gasteiger partial charge on any atom is -0.455 e. The van der Waals surface area contributed by atoms with Crippen LogP contribution < -0.4 is 4.90 Å². The molecule has 0 aliphatic heterocycles. The molecule has 3 heteroatoms. The molecule has 0 N–H and O–H groups in total. The Hall–Kier alpha value is -5.90. The Morgan fingerprint density at radius 3 is 1.91 bits per heavy atom. The fourth-order valence-corrected chi connectivity index (χ4v) is 8.39. The van der Waals surface area contributed by atoms with E-state index in [1.807, 2.05) is 11.3 Å². The first-order valence-electron chi connectivity index (χ1n) is 15.9. The number of hydrogen-bond donors (Lipinski definition) is 0. The minimum atomic E-state index is 0.906. The fourth-order valence-electron chi connectivity index (χ4n) is 7.30. The van der Waals surface area contributed by atoms with Crippen LogP contribution in [0.3, 0.4) is 0 Å². The predicted molar refractivity (Wildman–Crippen MR) is 202 cm³/mol. The van der Waals surface area contributed by atoms with Crippen molar-refractivity contribution >= 4 is 92.1 Å². The highest BCUT2D eigenvalue weighted by Crippen LogP contribution is 2.47. The van der Waals surface area contributed by atoms with Crippen molar-refractivity contribution in [3.63, 3.8) is 0 Å². The Morgan fingerprint density at radius 1 is 0.383 bits per heavy atom. The molecule has 0 fully saturated rings. The van der Waals surface area contributed by atoms with Crippen LogP contribution in [-0.2, 0) is 0 Å². The van der Waals surface area contributed by atoms with E-state index in [4.69, 9.17) is 4.42 Å². The third-order valence-corrected chi connectivity index (χ3v) is 10.6. The van der Waals surface area contributed by atoms with Crippen molar-refractivity contribution < 1.29 is 4.42 Å². The molecule has 8 aromatic carbocycles. The molecular formula is C44H27NOS. The minimum absolute atomic E-state index is 0.906. The Bertz CT molecular complexity index is 2820. The molecule has 10 rings (SSSR count). The van der Waals surface area contributed by atoms with Gasteiger partial charge in [-0.2, -0.15) is 0 Å². The molecular weight excluding hydrogens is 591 g/mol. The summed E-state index contributed by atoms with van der Waals surface area (Å²) in [6.07, 6.45) is 0. The summed E-state index contributed by atoms with van der Waals surface area (Å²) in [7, 11) is 0. The summed E-state index contributed by atoms with van der Waals surface area (Å²) in [4.78, 5) is 2.43. The molecule has 0 spiro atoms. The zero-order chi connectivity index (χ0) is 30.9. The van der Waals surface area contributed by atoms with Crippen molar-refractivity contribution in [2.45, 2.75) is 0 Å². The van der Waals surface area contributed by atoms with E-state index >= 15 is 0 Å². The molecule has 2 aromatic heterocycles. The number of fused-ring (bicyclic) bond motifs is 9. The molecule has 2 nitrogen and oxygen atoms in total. The second kappa shape index (κ2) is 10.3. The highest BCUT2D eigenvalue weighted by atomic mass is 32.1. The van der Waals surface area contributed by atoms with Crippen LogP contribution in [0.5, 0.6) is 0 Å². The first-order chi connectivity index (χ1) is 23.3. The van der Waals surface area contributed by atoms with Gasteiger partial charge in [0, 0.05) is 58.5 Å². The zero-order valence-corrected chi connectivity index (χ0v) is 26.2. The maximum Gasteiger partial charge on any atom is 0.143 e. The largest absolute Gasteiger partial charge is 0.455 e. The maximum atomic E-state index is 6.85. The van der Waals surface area contributed by atoms with Gasteiger partial charge in [-0.05, 0) is 53.2 Å². The highest BCUT2D eigenvalue weighted by molar-refractivity contribution is 7.25. The molecule has 0 amide bonds. The second-order valence-corrected chi connectivity index (χ2v) is 13.2.